The van der Waals surface area contributed by atoms with Gasteiger partial charge < -0.3 is 10.4 Å². The number of benzene rings is 1. The van der Waals surface area contributed by atoms with Gasteiger partial charge in [-0.3, -0.25) is 0 Å². The minimum absolute atomic E-state index is 0.00556. The van der Waals surface area contributed by atoms with Gasteiger partial charge in [0.2, 0.25) is 0 Å². The zero-order valence-corrected chi connectivity index (χ0v) is 9.22. The first kappa shape index (κ1) is 12.4. The van der Waals surface area contributed by atoms with Crippen LogP contribution in [0.25, 0.3) is 0 Å². The van der Waals surface area contributed by atoms with Crippen molar-refractivity contribution in [3.05, 3.63) is 35.4 Å². The van der Waals surface area contributed by atoms with Gasteiger partial charge in [0, 0.05) is 0 Å². The highest BCUT2D eigenvalue weighted by atomic mass is 19.4. The molecule has 5 heteroatoms. The Bertz CT molecular complexity index is 397. The molecule has 1 aromatic carbocycles. The van der Waals surface area contributed by atoms with Gasteiger partial charge in [-0.05, 0) is 37.6 Å². The third-order valence-corrected chi connectivity index (χ3v) is 3.16. The van der Waals surface area contributed by atoms with Gasteiger partial charge in [-0.2, -0.15) is 13.2 Å². The zero-order chi connectivity index (χ0) is 12.5. The normalized spacial score (nSPS) is 20.2. The third kappa shape index (κ3) is 2.45. The summed E-state index contributed by atoms with van der Waals surface area (Å²) in [4.78, 5) is 0. The average Bonchev–Trinajstić information content (AvgIpc) is 2.29. The van der Waals surface area contributed by atoms with Crippen molar-refractivity contribution < 1.29 is 18.3 Å². The number of nitrogens with one attached hydrogen (secondary N) is 1. The van der Waals surface area contributed by atoms with E-state index in [1.807, 2.05) is 0 Å². The Morgan fingerprint density at radius 1 is 1.12 bits per heavy atom. The Morgan fingerprint density at radius 2 is 1.71 bits per heavy atom. The highest BCUT2D eigenvalue weighted by Gasteiger charge is 2.40. The molecule has 17 heavy (non-hydrogen) atoms. The molecule has 0 saturated carbocycles. The van der Waals surface area contributed by atoms with Crippen LogP contribution in [0.3, 0.4) is 0 Å². The molecular weight excluding hydrogens is 231 g/mol. The number of piperidine rings is 1. The largest absolute Gasteiger partial charge is 0.416 e. The fourth-order valence-corrected chi connectivity index (χ4v) is 2.25. The van der Waals surface area contributed by atoms with Crippen molar-refractivity contribution in [3.63, 3.8) is 0 Å². The lowest BCUT2D eigenvalue weighted by Crippen LogP contribution is -2.40. The van der Waals surface area contributed by atoms with E-state index in [9.17, 15) is 18.3 Å². The lowest BCUT2D eigenvalue weighted by Gasteiger charge is -2.34. The van der Waals surface area contributed by atoms with Crippen LogP contribution in [0.4, 0.5) is 13.2 Å². The van der Waals surface area contributed by atoms with Gasteiger partial charge in [0.25, 0.3) is 0 Å². The van der Waals surface area contributed by atoms with Crippen LogP contribution in [0.2, 0.25) is 0 Å². The predicted octanol–water partition coefficient (Wildman–Crippen LogP) is 2.28. The van der Waals surface area contributed by atoms with E-state index in [4.69, 9.17) is 0 Å². The van der Waals surface area contributed by atoms with Crippen LogP contribution in [0.15, 0.2) is 24.3 Å². The number of rotatable bonds is 1. The summed E-state index contributed by atoms with van der Waals surface area (Å²) in [6.07, 6.45) is -3.81. The number of halogens is 3. The molecular formula is C12H14F3NO. The van der Waals surface area contributed by atoms with Crippen molar-refractivity contribution in [1.29, 1.82) is 0 Å². The molecule has 0 spiro atoms. The minimum atomic E-state index is -4.42. The highest BCUT2D eigenvalue weighted by molar-refractivity contribution is 5.35. The van der Waals surface area contributed by atoms with E-state index in [-0.39, 0.29) is 5.56 Å². The first-order chi connectivity index (χ1) is 7.93. The monoisotopic (exact) mass is 245 g/mol. The first-order valence-electron chi connectivity index (χ1n) is 5.53. The van der Waals surface area contributed by atoms with Crippen molar-refractivity contribution in [2.24, 2.45) is 0 Å². The molecule has 0 aromatic heterocycles. The maximum atomic E-state index is 12.8. The molecule has 0 amide bonds. The third-order valence-electron chi connectivity index (χ3n) is 3.16. The van der Waals surface area contributed by atoms with Gasteiger partial charge in [0.15, 0.2) is 0 Å². The summed E-state index contributed by atoms with van der Waals surface area (Å²) in [7, 11) is 0. The molecule has 1 fully saturated rings. The Kier molecular flexibility index (Phi) is 3.14. The molecule has 0 aliphatic carbocycles. The van der Waals surface area contributed by atoms with Crippen molar-refractivity contribution in [1.82, 2.24) is 5.32 Å². The van der Waals surface area contributed by atoms with E-state index in [1.54, 1.807) is 0 Å². The fourth-order valence-electron chi connectivity index (χ4n) is 2.25. The van der Waals surface area contributed by atoms with Crippen LogP contribution in [-0.2, 0) is 11.8 Å². The maximum absolute atomic E-state index is 12.8. The molecule has 2 rings (SSSR count). The summed E-state index contributed by atoms with van der Waals surface area (Å²) in [6, 6.07) is 5.27. The summed E-state index contributed by atoms with van der Waals surface area (Å²) in [6.45, 7) is 1.06. The van der Waals surface area contributed by atoms with Crippen LogP contribution in [0, 0.1) is 0 Å². The smallest absolute Gasteiger partial charge is 0.385 e. The molecule has 94 valence electrons. The first-order valence-corrected chi connectivity index (χ1v) is 5.53. The minimum Gasteiger partial charge on any atom is -0.385 e. The van der Waals surface area contributed by atoms with E-state index in [1.165, 1.54) is 18.2 Å². The van der Waals surface area contributed by atoms with Crippen LogP contribution in [0.5, 0.6) is 0 Å². The summed E-state index contributed by atoms with van der Waals surface area (Å²) in [5.74, 6) is 0. The van der Waals surface area contributed by atoms with Crippen LogP contribution < -0.4 is 5.32 Å². The Morgan fingerprint density at radius 3 is 2.29 bits per heavy atom. The van der Waals surface area contributed by atoms with Gasteiger partial charge in [-0.25, -0.2) is 0 Å². The van der Waals surface area contributed by atoms with E-state index >= 15 is 0 Å². The molecule has 2 N–H and O–H groups in total. The van der Waals surface area contributed by atoms with Crippen LogP contribution in [-0.4, -0.2) is 18.2 Å². The summed E-state index contributed by atoms with van der Waals surface area (Å²) < 4.78 is 38.5. The standard InChI is InChI=1S/C12H14F3NO/c13-12(14,15)10-4-2-1-3-9(10)11(17)5-7-16-8-6-11/h1-4,16-17H,5-8H2. The molecule has 0 bridgehead atoms. The van der Waals surface area contributed by atoms with Crippen molar-refractivity contribution in [2.45, 2.75) is 24.6 Å². The van der Waals surface area contributed by atoms with Crippen LogP contribution >= 0.6 is 0 Å². The molecule has 0 radical (unpaired) electrons. The highest BCUT2D eigenvalue weighted by Crippen LogP contribution is 2.39. The summed E-state index contributed by atoms with van der Waals surface area (Å²) in [5, 5.41) is 13.4. The molecule has 1 saturated heterocycles. The average molecular weight is 245 g/mol. The van der Waals surface area contributed by atoms with Gasteiger partial charge in [-0.1, -0.05) is 18.2 Å². The molecule has 0 atom stereocenters. The molecule has 2 nitrogen and oxygen atoms in total. The lowest BCUT2D eigenvalue weighted by atomic mass is 9.82. The van der Waals surface area contributed by atoms with E-state index < -0.39 is 17.3 Å². The van der Waals surface area contributed by atoms with E-state index in [0.29, 0.717) is 25.9 Å². The van der Waals surface area contributed by atoms with Gasteiger partial charge in [-0.15, -0.1) is 0 Å². The van der Waals surface area contributed by atoms with E-state index in [0.717, 1.165) is 6.07 Å². The predicted molar refractivity (Wildman–Crippen MR) is 57.4 cm³/mol. The second kappa shape index (κ2) is 4.31. The zero-order valence-electron chi connectivity index (χ0n) is 9.22. The topological polar surface area (TPSA) is 32.3 Å². The number of alkyl halides is 3. The Labute approximate surface area is 97.5 Å². The molecule has 1 aromatic rings. The van der Waals surface area contributed by atoms with Gasteiger partial charge >= 0.3 is 6.18 Å². The number of aliphatic hydroxyl groups is 1. The quantitative estimate of drug-likeness (QED) is 0.795. The fraction of sp³-hybridized carbons (Fsp3) is 0.500. The van der Waals surface area contributed by atoms with Crippen molar-refractivity contribution in [2.75, 3.05) is 13.1 Å². The lowest BCUT2D eigenvalue weighted by molar-refractivity contribution is -0.141. The molecule has 0 unspecified atom stereocenters. The van der Waals surface area contributed by atoms with Gasteiger partial charge in [0.1, 0.15) is 0 Å². The number of hydrogen-bond donors (Lipinski definition) is 2. The van der Waals surface area contributed by atoms with Crippen LogP contribution in [0.1, 0.15) is 24.0 Å². The number of hydrogen-bond acceptors (Lipinski definition) is 2. The second-order valence-electron chi connectivity index (χ2n) is 4.32. The molecule has 1 aliphatic rings. The SMILES string of the molecule is OC1(c2ccccc2C(F)(F)F)CCNCC1. The second-order valence-corrected chi connectivity index (χ2v) is 4.32. The molecule has 1 aliphatic heterocycles. The maximum Gasteiger partial charge on any atom is 0.416 e. The Hall–Kier alpha value is -1.07. The van der Waals surface area contributed by atoms with Crippen molar-refractivity contribution in [3.8, 4) is 0 Å². The summed E-state index contributed by atoms with van der Waals surface area (Å²) >= 11 is 0. The van der Waals surface area contributed by atoms with Crippen molar-refractivity contribution >= 4 is 0 Å². The molecule has 1 heterocycles. The van der Waals surface area contributed by atoms with Gasteiger partial charge in [0.05, 0.1) is 11.2 Å². The Balaban J connectivity index is 2.44. The van der Waals surface area contributed by atoms with E-state index in [2.05, 4.69) is 5.32 Å². The summed E-state index contributed by atoms with van der Waals surface area (Å²) in [5.41, 5.74) is -2.10.